The van der Waals surface area contributed by atoms with Crippen molar-refractivity contribution in [1.82, 2.24) is 15.5 Å². The third-order valence-electron chi connectivity index (χ3n) is 5.60. The molecule has 12 nitrogen and oxygen atoms in total. The zero-order valence-electron chi connectivity index (χ0n) is 20.2. The van der Waals surface area contributed by atoms with Crippen molar-refractivity contribution >= 4 is 41.4 Å². The molecule has 0 aromatic rings. The molecular formula is C21H39N7O5S. The van der Waals surface area contributed by atoms with Gasteiger partial charge in [-0.2, -0.15) is 11.8 Å². The quantitative estimate of drug-likeness (QED) is 0.0960. The van der Waals surface area contributed by atoms with Crippen LogP contribution in [0.2, 0.25) is 0 Å². The second-order valence-corrected chi connectivity index (χ2v) is 9.64. The summed E-state index contributed by atoms with van der Waals surface area (Å²) in [7, 11) is 0. The SMILES string of the molecule is CSCCC(N)C(=O)NC(CCCN=C(N)N)C(=O)N1CCCC1C(=O)NC(C(=O)O)C(C)C. The topological polar surface area (TPSA) is 206 Å². The molecule has 0 saturated carbocycles. The molecule has 1 heterocycles. The third-order valence-corrected chi connectivity index (χ3v) is 6.24. The number of guanidine groups is 1. The number of carboxylic acid groups (broad SMARTS) is 1. The number of aliphatic carboxylic acids is 1. The van der Waals surface area contributed by atoms with Gasteiger partial charge in [0.1, 0.15) is 18.1 Å². The summed E-state index contributed by atoms with van der Waals surface area (Å²) in [6, 6.07) is -3.54. The van der Waals surface area contributed by atoms with Crippen molar-refractivity contribution in [2.45, 2.75) is 70.1 Å². The molecule has 194 valence electrons. The summed E-state index contributed by atoms with van der Waals surface area (Å²) >= 11 is 1.56. The lowest BCUT2D eigenvalue weighted by atomic mass is 10.0. The molecule has 4 atom stereocenters. The predicted molar refractivity (Wildman–Crippen MR) is 132 cm³/mol. The molecule has 0 bridgehead atoms. The maximum Gasteiger partial charge on any atom is 0.326 e. The lowest BCUT2D eigenvalue weighted by molar-refractivity contribution is -0.145. The summed E-state index contributed by atoms with van der Waals surface area (Å²) in [5, 5.41) is 14.7. The van der Waals surface area contributed by atoms with E-state index in [1.807, 2.05) is 6.26 Å². The maximum atomic E-state index is 13.4. The number of thioether (sulfide) groups is 1. The van der Waals surface area contributed by atoms with E-state index >= 15 is 0 Å². The fourth-order valence-electron chi connectivity index (χ4n) is 3.68. The van der Waals surface area contributed by atoms with Crippen LogP contribution in [0.5, 0.6) is 0 Å². The molecule has 3 amide bonds. The number of nitrogens with two attached hydrogens (primary N) is 3. The van der Waals surface area contributed by atoms with E-state index < -0.39 is 47.9 Å². The van der Waals surface area contributed by atoms with E-state index in [2.05, 4.69) is 15.6 Å². The molecule has 1 aliphatic heterocycles. The Morgan fingerprint density at radius 2 is 1.85 bits per heavy atom. The Balaban J connectivity index is 2.97. The number of carbonyl (C=O) groups is 4. The predicted octanol–water partition coefficient (Wildman–Crippen LogP) is -1.18. The summed E-state index contributed by atoms with van der Waals surface area (Å²) in [5.41, 5.74) is 16.7. The van der Waals surface area contributed by atoms with E-state index in [1.165, 1.54) is 4.90 Å². The van der Waals surface area contributed by atoms with Crippen molar-refractivity contribution in [3.63, 3.8) is 0 Å². The van der Waals surface area contributed by atoms with E-state index in [0.717, 1.165) is 0 Å². The van der Waals surface area contributed by atoms with Gasteiger partial charge < -0.3 is 37.8 Å². The standard InChI is InChI=1S/C21H39N7O5S/c1-12(2)16(20(32)33)27-18(30)15-7-5-10-28(15)19(31)14(6-4-9-25-21(23)24)26-17(29)13(22)8-11-34-3/h12-16H,4-11,22H2,1-3H3,(H,26,29)(H,27,30)(H,32,33)(H4,23,24,25). The van der Waals surface area contributed by atoms with Gasteiger partial charge in [-0.1, -0.05) is 13.8 Å². The molecule has 0 spiro atoms. The molecule has 9 N–H and O–H groups in total. The minimum Gasteiger partial charge on any atom is -0.480 e. The highest BCUT2D eigenvalue weighted by molar-refractivity contribution is 7.98. The van der Waals surface area contributed by atoms with Gasteiger partial charge in [0.05, 0.1) is 6.04 Å². The minimum absolute atomic E-state index is 0.0691. The van der Waals surface area contributed by atoms with Gasteiger partial charge in [-0.25, -0.2) is 4.79 Å². The highest BCUT2D eigenvalue weighted by Gasteiger charge is 2.39. The van der Waals surface area contributed by atoms with Crippen LogP contribution in [-0.2, 0) is 19.2 Å². The van der Waals surface area contributed by atoms with E-state index in [4.69, 9.17) is 17.2 Å². The van der Waals surface area contributed by atoms with Crippen molar-refractivity contribution in [3.05, 3.63) is 0 Å². The van der Waals surface area contributed by atoms with Crippen LogP contribution in [-0.4, -0.2) is 88.9 Å². The number of aliphatic imine (C=N–C) groups is 1. The first kappa shape index (κ1) is 29.5. The Hall–Kier alpha value is -2.54. The second-order valence-electron chi connectivity index (χ2n) is 8.66. The summed E-state index contributed by atoms with van der Waals surface area (Å²) in [4.78, 5) is 55.7. The summed E-state index contributed by atoms with van der Waals surface area (Å²) < 4.78 is 0. The Morgan fingerprint density at radius 3 is 2.41 bits per heavy atom. The first-order chi connectivity index (χ1) is 16.0. The van der Waals surface area contributed by atoms with Crippen LogP contribution in [0.4, 0.5) is 0 Å². The largest absolute Gasteiger partial charge is 0.480 e. The fraction of sp³-hybridized carbons (Fsp3) is 0.762. The van der Waals surface area contributed by atoms with Gasteiger partial charge in [0.15, 0.2) is 5.96 Å². The number of nitrogens with one attached hydrogen (secondary N) is 2. The maximum absolute atomic E-state index is 13.4. The van der Waals surface area contributed by atoms with E-state index in [-0.39, 0.29) is 24.8 Å². The van der Waals surface area contributed by atoms with Crippen LogP contribution in [0.25, 0.3) is 0 Å². The number of amides is 3. The molecular weight excluding hydrogens is 462 g/mol. The Morgan fingerprint density at radius 1 is 1.18 bits per heavy atom. The zero-order valence-corrected chi connectivity index (χ0v) is 21.0. The van der Waals surface area contributed by atoms with Crippen LogP contribution >= 0.6 is 11.8 Å². The molecule has 1 saturated heterocycles. The van der Waals surface area contributed by atoms with Crippen LogP contribution in [0.1, 0.15) is 46.0 Å². The van der Waals surface area contributed by atoms with Crippen LogP contribution < -0.4 is 27.8 Å². The van der Waals surface area contributed by atoms with Gasteiger partial charge in [-0.05, 0) is 50.0 Å². The van der Waals surface area contributed by atoms with Gasteiger partial charge in [0.25, 0.3) is 0 Å². The van der Waals surface area contributed by atoms with Crippen molar-refractivity contribution in [1.29, 1.82) is 0 Å². The zero-order chi connectivity index (χ0) is 25.8. The summed E-state index contributed by atoms with van der Waals surface area (Å²) in [6.07, 6.45) is 4.05. The van der Waals surface area contributed by atoms with Gasteiger partial charge in [-0.15, -0.1) is 0 Å². The highest BCUT2D eigenvalue weighted by atomic mass is 32.2. The van der Waals surface area contributed by atoms with Crippen molar-refractivity contribution in [3.8, 4) is 0 Å². The van der Waals surface area contributed by atoms with Crippen molar-refractivity contribution < 1.29 is 24.3 Å². The van der Waals surface area contributed by atoms with Crippen LogP contribution in [0.3, 0.4) is 0 Å². The fourth-order valence-corrected chi connectivity index (χ4v) is 4.17. The average Bonchev–Trinajstić information content (AvgIpc) is 3.26. The minimum atomic E-state index is -1.14. The van der Waals surface area contributed by atoms with Gasteiger partial charge in [0.2, 0.25) is 17.7 Å². The Kier molecular flexibility index (Phi) is 12.7. The molecule has 0 aromatic carbocycles. The molecule has 0 aliphatic carbocycles. The number of carbonyl (C=O) groups excluding carboxylic acids is 3. The lowest BCUT2D eigenvalue weighted by Gasteiger charge is -2.30. The third kappa shape index (κ3) is 9.37. The molecule has 4 unspecified atom stereocenters. The Bertz CT molecular complexity index is 745. The average molecular weight is 502 g/mol. The molecule has 1 fully saturated rings. The number of carboxylic acids is 1. The number of nitrogens with zero attached hydrogens (tertiary/aromatic N) is 2. The molecule has 1 rings (SSSR count). The first-order valence-electron chi connectivity index (χ1n) is 11.4. The van der Waals surface area contributed by atoms with E-state index in [1.54, 1.807) is 25.6 Å². The second kappa shape index (κ2) is 14.7. The number of likely N-dealkylation sites (tertiary alicyclic amines) is 1. The lowest BCUT2D eigenvalue weighted by Crippen LogP contribution is -2.57. The number of rotatable bonds is 14. The normalized spacial score (nSPS) is 18.1. The van der Waals surface area contributed by atoms with E-state index in [0.29, 0.717) is 38.0 Å². The van der Waals surface area contributed by atoms with E-state index in [9.17, 15) is 24.3 Å². The Labute approximate surface area is 204 Å². The molecule has 0 aromatic heterocycles. The highest BCUT2D eigenvalue weighted by Crippen LogP contribution is 2.20. The van der Waals surface area contributed by atoms with Crippen LogP contribution in [0.15, 0.2) is 4.99 Å². The number of hydrogen-bond donors (Lipinski definition) is 6. The number of hydrogen-bond acceptors (Lipinski definition) is 7. The monoisotopic (exact) mass is 501 g/mol. The first-order valence-corrected chi connectivity index (χ1v) is 12.8. The smallest absolute Gasteiger partial charge is 0.326 e. The van der Waals surface area contributed by atoms with Gasteiger partial charge >= 0.3 is 5.97 Å². The van der Waals surface area contributed by atoms with Crippen LogP contribution in [0, 0.1) is 5.92 Å². The molecule has 1 aliphatic rings. The summed E-state index contributed by atoms with van der Waals surface area (Å²) in [5.74, 6) is -2.20. The molecule has 34 heavy (non-hydrogen) atoms. The molecule has 13 heteroatoms. The van der Waals surface area contributed by atoms with Gasteiger partial charge in [-0.3, -0.25) is 19.4 Å². The van der Waals surface area contributed by atoms with Crippen molar-refractivity contribution in [2.75, 3.05) is 25.1 Å². The van der Waals surface area contributed by atoms with Crippen molar-refractivity contribution in [2.24, 2.45) is 28.1 Å². The summed E-state index contributed by atoms with van der Waals surface area (Å²) in [6.45, 7) is 3.99. The molecule has 0 radical (unpaired) electrons. The van der Waals surface area contributed by atoms with Gasteiger partial charge in [0, 0.05) is 13.1 Å².